The van der Waals surface area contributed by atoms with Crippen molar-refractivity contribution >= 4 is 45.1 Å². The molecule has 8 heteroatoms. The SMILES string of the molecule is CCCCCC(=O)NC(=S)NNC(=O)COc1ccc(Br)cc1. The molecule has 0 radical (unpaired) electrons. The van der Waals surface area contributed by atoms with Gasteiger partial charge < -0.3 is 10.1 Å². The second-order valence-corrected chi connectivity index (χ2v) is 6.07. The quantitative estimate of drug-likeness (QED) is 0.371. The van der Waals surface area contributed by atoms with Crippen LogP contribution in [-0.2, 0) is 9.59 Å². The van der Waals surface area contributed by atoms with Crippen molar-refractivity contribution in [2.45, 2.75) is 32.6 Å². The Morgan fingerprint density at radius 1 is 1.13 bits per heavy atom. The summed E-state index contributed by atoms with van der Waals surface area (Å²) in [6, 6.07) is 7.11. The van der Waals surface area contributed by atoms with E-state index in [9.17, 15) is 9.59 Å². The van der Waals surface area contributed by atoms with E-state index < -0.39 is 5.91 Å². The number of nitrogens with one attached hydrogen (secondary N) is 3. The highest BCUT2D eigenvalue weighted by atomic mass is 79.9. The number of hydrogen-bond acceptors (Lipinski definition) is 4. The average molecular weight is 402 g/mol. The second-order valence-electron chi connectivity index (χ2n) is 4.75. The van der Waals surface area contributed by atoms with Crippen LogP contribution in [0.1, 0.15) is 32.6 Å². The van der Waals surface area contributed by atoms with Gasteiger partial charge in [0.05, 0.1) is 0 Å². The first kappa shape index (κ1) is 19.4. The third-order valence-electron chi connectivity index (χ3n) is 2.76. The third-order valence-corrected chi connectivity index (χ3v) is 3.49. The van der Waals surface area contributed by atoms with Crippen molar-refractivity contribution in [3.05, 3.63) is 28.7 Å². The molecule has 23 heavy (non-hydrogen) atoms. The molecule has 2 amide bonds. The van der Waals surface area contributed by atoms with E-state index in [4.69, 9.17) is 17.0 Å². The van der Waals surface area contributed by atoms with E-state index in [1.54, 1.807) is 12.1 Å². The van der Waals surface area contributed by atoms with E-state index >= 15 is 0 Å². The number of thiocarbonyl (C=S) groups is 1. The lowest BCUT2D eigenvalue weighted by molar-refractivity contribution is -0.124. The summed E-state index contributed by atoms with van der Waals surface area (Å²) < 4.78 is 6.22. The van der Waals surface area contributed by atoms with Crippen LogP contribution in [0, 0.1) is 0 Å². The number of halogens is 1. The Bertz CT molecular complexity index is 537. The fourth-order valence-corrected chi connectivity index (χ4v) is 2.03. The molecule has 0 heterocycles. The molecule has 3 N–H and O–H groups in total. The van der Waals surface area contributed by atoms with Crippen molar-refractivity contribution in [1.82, 2.24) is 16.2 Å². The van der Waals surface area contributed by atoms with E-state index in [2.05, 4.69) is 39.0 Å². The topological polar surface area (TPSA) is 79.5 Å². The zero-order valence-electron chi connectivity index (χ0n) is 12.9. The number of hydrazine groups is 1. The van der Waals surface area contributed by atoms with Gasteiger partial charge in [0.15, 0.2) is 11.7 Å². The van der Waals surface area contributed by atoms with E-state index in [1.165, 1.54) is 0 Å². The van der Waals surface area contributed by atoms with Gasteiger partial charge in [-0.2, -0.15) is 0 Å². The fourth-order valence-electron chi connectivity index (χ4n) is 1.60. The Kier molecular flexibility index (Phi) is 9.23. The number of unbranched alkanes of at least 4 members (excludes halogenated alkanes) is 2. The van der Waals surface area contributed by atoms with Crippen LogP contribution in [0.5, 0.6) is 5.75 Å². The predicted molar refractivity (Wildman–Crippen MR) is 95.8 cm³/mol. The first-order valence-electron chi connectivity index (χ1n) is 7.28. The fraction of sp³-hybridized carbons (Fsp3) is 0.400. The summed E-state index contributed by atoms with van der Waals surface area (Å²) in [5.74, 6) is 0.00182. The summed E-state index contributed by atoms with van der Waals surface area (Å²) in [5, 5.41) is 2.55. The van der Waals surface area contributed by atoms with Gasteiger partial charge in [0, 0.05) is 10.9 Å². The maximum atomic E-state index is 11.6. The number of amides is 2. The van der Waals surface area contributed by atoms with Crippen LogP contribution in [0.2, 0.25) is 0 Å². The lowest BCUT2D eigenvalue weighted by atomic mass is 10.2. The summed E-state index contributed by atoms with van der Waals surface area (Å²) in [6.45, 7) is 1.90. The van der Waals surface area contributed by atoms with Crippen molar-refractivity contribution in [1.29, 1.82) is 0 Å². The zero-order valence-corrected chi connectivity index (χ0v) is 15.3. The van der Waals surface area contributed by atoms with E-state index in [0.29, 0.717) is 12.2 Å². The minimum atomic E-state index is -0.407. The molecule has 0 atom stereocenters. The normalized spacial score (nSPS) is 9.83. The molecule has 0 aliphatic carbocycles. The maximum absolute atomic E-state index is 11.6. The molecule has 0 aromatic heterocycles. The van der Waals surface area contributed by atoms with Crippen molar-refractivity contribution in [3.8, 4) is 5.75 Å². The monoisotopic (exact) mass is 401 g/mol. The van der Waals surface area contributed by atoms with Crippen LogP contribution in [0.3, 0.4) is 0 Å². The lowest BCUT2D eigenvalue weighted by Crippen LogP contribution is -2.49. The molecule has 0 saturated heterocycles. The Hall–Kier alpha value is -1.67. The largest absolute Gasteiger partial charge is 0.484 e. The predicted octanol–water partition coefficient (Wildman–Crippen LogP) is 2.43. The van der Waals surface area contributed by atoms with Gasteiger partial charge >= 0.3 is 0 Å². The van der Waals surface area contributed by atoms with Crippen LogP contribution in [-0.4, -0.2) is 23.5 Å². The van der Waals surface area contributed by atoms with Gasteiger partial charge in [-0.25, -0.2) is 0 Å². The third kappa shape index (κ3) is 9.14. The van der Waals surface area contributed by atoms with Crippen LogP contribution in [0.15, 0.2) is 28.7 Å². The Labute approximate surface area is 149 Å². The molecule has 126 valence electrons. The van der Waals surface area contributed by atoms with E-state index in [-0.39, 0.29) is 17.6 Å². The number of carbonyl (C=O) groups excluding carboxylic acids is 2. The van der Waals surface area contributed by atoms with Crippen molar-refractivity contribution in [2.24, 2.45) is 0 Å². The van der Waals surface area contributed by atoms with Crippen LogP contribution >= 0.6 is 28.1 Å². The maximum Gasteiger partial charge on any atom is 0.276 e. The Morgan fingerprint density at radius 2 is 1.83 bits per heavy atom. The first-order chi connectivity index (χ1) is 11.0. The first-order valence-corrected chi connectivity index (χ1v) is 8.48. The minimum Gasteiger partial charge on any atom is -0.484 e. The van der Waals surface area contributed by atoms with Gasteiger partial charge in [-0.1, -0.05) is 35.7 Å². The standard InChI is InChI=1S/C15H20BrN3O3S/c1-2-3-4-5-13(20)17-15(23)19-18-14(21)10-22-12-8-6-11(16)7-9-12/h6-9H,2-5,10H2,1H3,(H,18,21)(H2,17,19,20,23). The van der Waals surface area contributed by atoms with Gasteiger partial charge in [-0.05, 0) is 42.9 Å². The lowest BCUT2D eigenvalue weighted by Gasteiger charge is -2.11. The van der Waals surface area contributed by atoms with Crippen molar-refractivity contribution in [2.75, 3.05) is 6.61 Å². The average Bonchev–Trinajstić information content (AvgIpc) is 2.52. The van der Waals surface area contributed by atoms with Gasteiger partial charge in [0.1, 0.15) is 5.75 Å². The number of ether oxygens (including phenoxy) is 1. The second kappa shape index (κ2) is 11.0. The molecule has 0 aliphatic rings. The van der Waals surface area contributed by atoms with Gasteiger partial charge in [-0.3, -0.25) is 20.4 Å². The number of benzene rings is 1. The smallest absolute Gasteiger partial charge is 0.276 e. The zero-order chi connectivity index (χ0) is 17.1. The number of hydrogen-bond donors (Lipinski definition) is 3. The molecule has 0 spiro atoms. The summed E-state index contributed by atoms with van der Waals surface area (Å²) in [4.78, 5) is 23.1. The van der Waals surface area contributed by atoms with Crippen LogP contribution in [0.4, 0.5) is 0 Å². The van der Waals surface area contributed by atoms with Gasteiger partial charge in [0.2, 0.25) is 5.91 Å². The molecule has 0 fully saturated rings. The summed E-state index contributed by atoms with van der Waals surface area (Å²) in [7, 11) is 0. The van der Waals surface area contributed by atoms with Crippen molar-refractivity contribution in [3.63, 3.8) is 0 Å². The highest BCUT2D eigenvalue weighted by Gasteiger charge is 2.06. The molecule has 6 nitrogen and oxygen atoms in total. The van der Waals surface area contributed by atoms with Crippen LogP contribution < -0.4 is 20.9 Å². The highest BCUT2D eigenvalue weighted by molar-refractivity contribution is 9.10. The molecular weight excluding hydrogens is 382 g/mol. The molecule has 0 bridgehead atoms. The van der Waals surface area contributed by atoms with Gasteiger partial charge in [0.25, 0.3) is 5.91 Å². The van der Waals surface area contributed by atoms with Gasteiger partial charge in [-0.15, -0.1) is 0 Å². The highest BCUT2D eigenvalue weighted by Crippen LogP contribution is 2.15. The Morgan fingerprint density at radius 3 is 2.48 bits per heavy atom. The van der Waals surface area contributed by atoms with E-state index in [0.717, 1.165) is 23.7 Å². The van der Waals surface area contributed by atoms with E-state index in [1.807, 2.05) is 12.1 Å². The molecule has 1 aromatic carbocycles. The minimum absolute atomic E-state index is 0.0588. The molecule has 0 saturated carbocycles. The number of carbonyl (C=O) groups is 2. The molecule has 1 rings (SSSR count). The summed E-state index contributed by atoms with van der Waals surface area (Å²) in [5.41, 5.74) is 4.82. The molecule has 0 unspecified atom stereocenters. The molecule has 0 aliphatic heterocycles. The summed E-state index contributed by atoms with van der Waals surface area (Å²) >= 11 is 8.23. The molecule has 1 aromatic rings. The Balaban J connectivity index is 2.18. The molecular formula is C15H20BrN3O3S. The number of rotatable bonds is 7. The van der Waals surface area contributed by atoms with Crippen molar-refractivity contribution < 1.29 is 14.3 Å². The van der Waals surface area contributed by atoms with Crippen LogP contribution in [0.25, 0.3) is 0 Å². The summed E-state index contributed by atoms with van der Waals surface area (Å²) in [6.07, 6.45) is 3.27.